The minimum absolute atomic E-state index is 0.0194. The highest BCUT2D eigenvalue weighted by atomic mass is 35.5. The van der Waals surface area contributed by atoms with E-state index in [1.54, 1.807) is 24.1 Å². The Labute approximate surface area is 261 Å². The summed E-state index contributed by atoms with van der Waals surface area (Å²) in [4.78, 5) is 44.4. The summed E-state index contributed by atoms with van der Waals surface area (Å²) in [5.74, 6) is -0.710. The number of hydrogen-bond acceptors (Lipinski definition) is 8. The van der Waals surface area contributed by atoms with Crippen LogP contribution in [0.3, 0.4) is 0 Å². The number of carbonyl (C=O) groups excluding carboxylic acids is 1. The Hall–Kier alpha value is -4.25. The van der Waals surface area contributed by atoms with Crippen LogP contribution in [0.25, 0.3) is 28.0 Å². The second-order valence-corrected chi connectivity index (χ2v) is 12.1. The zero-order valence-corrected chi connectivity index (χ0v) is 27.0. The van der Waals surface area contributed by atoms with Crippen molar-refractivity contribution in [2.75, 3.05) is 30.8 Å². The van der Waals surface area contributed by atoms with E-state index >= 15 is 4.39 Å². The van der Waals surface area contributed by atoms with Crippen molar-refractivity contribution in [3.05, 3.63) is 63.9 Å². The molecule has 1 amide bonds. The molecule has 0 aliphatic carbocycles. The Bertz CT molecular complexity index is 1730. The summed E-state index contributed by atoms with van der Waals surface area (Å²) in [6, 6.07) is 5.53. The van der Waals surface area contributed by atoms with Crippen LogP contribution >= 0.6 is 11.6 Å². The molecule has 1 aliphatic rings. The second-order valence-electron chi connectivity index (χ2n) is 11.7. The normalized spacial score (nSPS) is 18.3. The summed E-state index contributed by atoms with van der Waals surface area (Å²) >= 11 is 6.82. The van der Waals surface area contributed by atoms with Gasteiger partial charge in [-0.2, -0.15) is 4.98 Å². The van der Waals surface area contributed by atoms with E-state index in [9.17, 15) is 9.59 Å². The van der Waals surface area contributed by atoms with E-state index in [2.05, 4.69) is 16.6 Å². The van der Waals surface area contributed by atoms with Gasteiger partial charge in [-0.1, -0.05) is 51.9 Å². The summed E-state index contributed by atoms with van der Waals surface area (Å²) in [6.07, 6.45) is 1.29. The molecular weight excluding hydrogens is 583 g/mol. The first-order chi connectivity index (χ1) is 20.7. The lowest BCUT2D eigenvalue weighted by Crippen LogP contribution is -2.58. The molecule has 0 saturated carbocycles. The number of anilines is 2. The number of piperazine rings is 1. The highest BCUT2D eigenvalue weighted by Gasteiger charge is 2.34. The number of allylic oxidation sites excluding steroid dienone is 2. The van der Waals surface area contributed by atoms with Crippen LogP contribution in [-0.2, 0) is 4.79 Å². The van der Waals surface area contributed by atoms with Crippen molar-refractivity contribution in [3.8, 4) is 11.3 Å². The summed E-state index contributed by atoms with van der Waals surface area (Å²) in [5, 5.41) is 0.573. The van der Waals surface area contributed by atoms with Crippen LogP contribution in [0, 0.1) is 17.7 Å². The maximum Gasteiger partial charge on any atom is 0.355 e. The molecule has 10 nitrogen and oxygen atoms in total. The number of aliphatic imine (C=N–C) groups is 1. The smallest absolute Gasteiger partial charge is 0.355 e. The molecule has 3 heterocycles. The van der Waals surface area contributed by atoms with Gasteiger partial charge in [0.25, 0.3) is 0 Å². The fourth-order valence-electron chi connectivity index (χ4n) is 5.64. The number of carbonyl (C=O) groups is 1. The van der Waals surface area contributed by atoms with Crippen molar-refractivity contribution in [1.29, 1.82) is 0 Å². The van der Waals surface area contributed by atoms with Crippen LogP contribution in [0.2, 0.25) is 5.02 Å². The zero-order chi connectivity index (χ0) is 32.6. The quantitative estimate of drug-likeness (QED) is 0.216. The molecule has 1 aromatic carbocycles. The molecule has 4 rings (SSSR count). The van der Waals surface area contributed by atoms with Gasteiger partial charge < -0.3 is 21.3 Å². The molecule has 0 radical (unpaired) electrons. The molecule has 0 spiro atoms. The number of halogens is 2. The Morgan fingerprint density at radius 3 is 2.41 bits per heavy atom. The molecule has 0 bridgehead atoms. The average Bonchev–Trinajstić information content (AvgIpc) is 2.96. The minimum atomic E-state index is -0.639. The third-order valence-corrected chi connectivity index (χ3v) is 8.24. The van der Waals surface area contributed by atoms with Crippen LogP contribution in [0.5, 0.6) is 0 Å². The Morgan fingerprint density at radius 2 is 1.84 bits per heavy atom. The third-order valence-electron chi connectivity index (χ3n) is 7.95. The number of benzene rings is 1. The van der Waals surface area contributed by atoms with Crippen LogP contribution in [0.15, 0.2) is 52.4 Å². The van der Waals surface area contributed by atoms with Gasteiger partial charge >= 0.3 is 5.69 Å². The first-order valence-corrected chi connectivity index (χ1v) is 14.9. The Balaban J connectivity index is 2.14. The van der Waals surface area contributed by atoms with Gasteiger partial charge in [-0.05, 0) is 50.0 Å². The average molecular weight is 623 g/mol. The van der Waals surface area contributed by atoms with Gasteiger partial charge in [0.05, 0.1) is 33.1 Å². The Morgan fingerprint density at radius 1 is 1.16 bits per heavy atom. The number of aromatic nitrogens is 3. The maximum absolute atomic E-state index is 15.2. The number of pyridine rings is 1. The fraction of sp³-hybridized carbons (Fsp3) is 0.406. The van der Waals surface area contributed by atoms with Gasteiger partial charge in [0.1, 0.15) is 11.6 Å². The lowest BCUT2D eigenvalue weighted by Gasteiger charge is -2.44. The molecule has 4 N–H and O–H groups in total. The summed E-state index contributed by atoms with van der Waals surface area (Å²) in [6.45, 7) is 16.0. The standard InChI is InChI=1S/C32H40ClFN8O2/c1-9-24(43)40-14-19(7)41(15-18(40)6)30-20-13-21(33)28(25-22(34)11-10-12-23(25)35)38-31(20)42(32(44)39-30)29(26(36)16(2)3)27(37-8)17(4)5/h9-13,16-19H,1,14-15,35-36H2,2-8H3/t18-,19+/m1/s1. The maximum atomic E-state index is 15.2. The van der Waals surface area contributed by atoms with Crippen LogP contribution in [0.4, 0.5) is 15.9 Å². The summed E-state index contributed by atoms with van der Waals surface area (Å²) in [7, 11) is 1.64. The van der Waals surface area contributed by atoms with Gasteiger partial charge in [0.2, 0.25) is 5.91 Å². The largest absolute Gasteiger partial charge is 0.400 e. The number of nitrogen functional groups attached to an aromatic ring is 1. The monoisotopic (exact) mass is 622 g/mol. The molecule has 0 unspecified atom stereocenters. The SMILES string of the molecule is C=CC(=O)N1C[C@H](C)N(c2nc(=O)n(C(C(=NC)C(C)C)=C(N)C(C)C)c3nc(-c4c(N)cccc4F)c(Cl)cc23)C[C@H]1C. The van der Waals surface area contributed by atoms with Crippen molar-refractivity contribution in [3.63, 3.8) is 0 Å². The minimum Gasteiger partial charge on any atom is -0.400 e. The third kappa shape index (κ3) is 5.80. The lowest BCUT2D eigenvalue weighted by atomic mass is 9.98. The number of hydrogen-bond donors (Lipinski definition) is 2. The van der Waals surface area contributed by atoms with E-state index < -0.39 is 11.5 Å². The molecule has 12 heteroatoms. The molecule has 3 aromatic rings. The van der Waals surface area contributed by atoms with Crippen molar-refractivity contribution in [2.45, 2.75) is 53.6 Å². The van der Waals surface area contributed by atoms with Gasteiger partial charge in [-0.15, -0.1) is 0 Å². The number of fused-ring (bicyclic) bond motifs is 1. The van der Waals surface area contributed by atoms with Gasteiger partial charge in [-0.3, -0.25) is 9.79 Å². The molecule has 44 heavy (non-hydrogen) atoms. The van der Waals surface area contributed by atoms with E-state index in [-0.39, 0.29) is 57.4 Å². The predicted molar refractivity (Wildman–Crippen MR) is 177 cm³/mol. The first kappa shape index (κ1) is 32.7. The van der Waals surface area contributed by atoms with Crippen LogP contribution in [-0.4, -0.2) is 63.3 Å². The van der Waals surface area contributed by atoms with Gasteiger partial charge in [-0.25, -0.2) is 18.7 Å². The predicted octanol–water partition coefficient (Wildman–Crippen LogP) is 4.95. The number of nitrogens with two attached hydrogens (primary N) is 2. The van der Waals surface area contributed by atoms with Crippen molar-refractivity contribution in [1.82, 2.24) is 19.4 Å². The molecule has 1 saturated heterocycles. The summed E-state index contributed by atoms with van der Waals surface area (Å²) < 4.78 is 16.6. The Kier molecular flexibility index (Phi) is 9.48. The van der Waals surface area contributed by atoms with E-state index in [4.69, 9.17) is 28.1 Å². The van der Waals surface area contributed by atoms with E-state index in [1.165, 1.54) is 22.8 Å². The molecule has 234 valence electrons. The highest BCUT2D eigenvalue weighted by Crippen LogP contribution is 2.38. The van der Waals surface area contributed by atoms with Crippen molar-refractivity contribution in [2.24, 2.45) is 22.6 Å². The van der Waals surface area contributed by atoms with E-state index in [0.717, 1.165) is 0 Å². The topological polar surface area (TPSA) is 136 Å². The first-order valence-electron chi connectivity index (χ1n) is 14.6. The molecule has 1 aliphatic heterocycles. The summed E-state index contributed by atoms with van der Waals surface area (Å²) in [5.41, 5.74) is 14.0. The van der Waals surface area contributed by atoms with Crippen LogP contribution in [0.1, 0.15) is 41.5 Å². The zero-order valence-electron chi connectivity index (χ0n) is 26.2. The highest BCUT2D eigenvalue weighted by molar-refractivity contribution is 6.34. The molecule has 2 atom stereocenters. The second kappa shape index (κ2) is 12.8. The molecular formula is C32H40ClFN8O2. The number of amides is 1. The van der Waals surface area contributed by atoms with Crippen LogP contribution < -0.4 is 22.1 Å². The van der Waals surface area contributed by atoms with Crippen molar-refractivity contribution >= 4 is 51.5 Å². The molecule has 1 fully saturated rings. The van der Waals surface area contributed by atoms with Gasteiger partial charge in [0.15, 0.2) is 5.65 Å². The fourth-order valence-corrected chi connectivity index (χ4v) is 5.89. The number of nitrogens with zero attached hydrogens (tertiary/aromatic N) is 6. The van der Waals surface area contributed by atoms with E-state index in [0.29, 0.717) is 41.4 Å². The van der Waals surface area contributed by atoms with E-state index in [1.807, 2.05) is 46.4 Å². The molecule has 2 aromatic heterocycles. The number of rotatable bonds is 7. The lowest BCUT2D eigenvalue weighted by molar-refractivity contribution is -0.128. The van der Waals surface area contributed by atoms with Crippen molar-refractivity contribution < 1.29 is 9.18 Å². The van der Waals surface area contributed by atoms with Gasteiger partial charge in [0, 0.05) is 43.6 Å².